The Kier molecular flexibility index (Phi) is 3.76. The summed E-state index contributed by atoms with van der Waals surface area (Å²) in [6.45, 7) is 2.13. The fourth-order valence-corrected chi connectivity index (χ4v) is 3.83. The third kappa shape index (κ3) is 2.81. The molecule has 0 fully saturated rings. The van der Waals surface area contributed by atoms with E-state index in [4.69, 9.17) is 16.6 Å². The number of hydrogen-bond donors (Lipinski definition) is 1. The lowest BCUT2D eigenvalue weighted by atomic mass is 9.99. The molecule has 0 bridgehead atoms. The Balaban J connectivity index is 1.72. The van der Waals surface area contributed by atoms with Crippen molar-refractivity contribution in [3.8, 4) is 0 Å². The highest BCUT2D eigenvalue weighted by atomic mass is 35.5. The number of hydrogen-bond acceptors (Lipinski definition) is 2. The van der Waals surface area contributed by atoms with Crippen LogP contribution in [0.25, 0.3) is 16.7 Å². The Morgan fingerprint density at radius 1 is 0.963 bits per heavy atom. The maximum atomic E-state index is 6.07. The highest BCUT2D eigenvalue weighted by Gasteiger charge is 2.25. The topological polar surface area (TPSA) is 29.9 Å². The molecule has 0 saturated heterocycles. The Morgan fingerprint density at radius 3 is 2.59 bits per heavy atom. The monoisotopic (exact) mass is 371 g/mol. The molecule has 0 unspecified atom stereocenters. The second-order valence-corrected chi connectivity index (χ2v) is 7.30. The number of allylic oxidation sites excluding steroid dienone is 1. The summed E-state index contributed by atoms with van der Waals surface area (Å²) in [5, 5.41) is 4.24. The number of aromatic nitrogens is 2. The van der Waals surface area contributed by atoms with Gasteiger partial charge in [-0.1, -0.05) is 65.7 Å². The van der Waals surface area contributed by atoms with Crippen LogP contribution in [0.1, 0.15) is 22.7 Å². The van der Waals surface area contributed by atoms with Crippen molar-refractivity contribution in [3.05, 3.63) is 101 Å². The quantitative estimate of drug-likeness (QED) is 0.464. The average molecular weight is 372 g/mol. The minimum absolute atomic E-state index is 0.0687. The number of halogens is 1. The molecule has 1 aliphatic heterocycles. The Morgan fingerprint density at radius 2 is 1.78 bits per heavy atom. The van der Waals surface area contributed by atoms with Gasteiger partial charge in [-0.15, -0.1) is 0 Å². The molecule has 1 N–H and O–H groups in total. The van der Waals surface area contributed by atoms with Gasteiger partial charge in [-0.3, -0.25) is 4.57 Å². The number of nitrogens with zero attached hydrogens (tertiary/aromatic N) is 2. The van der Waals surface area contributed by atoms with E-state index in [1.807, 2.05) is 30.3 Å². The number of para-hydroxylation sites is 2. The maximum absolute atomic E-state index is 6.07. The third-order valence-electron chi connectivity index (χ3n) is 4.98. The maximum Gasteiger partial charge on any atom is 0.209 e. The van der Waals surface area contributed by atoms with Gasteiger partial charge in [0, 0.05) is 10.7 Å². The second-order valence-electron chi connectivity index (χ2n) is 6.87. The summed E-state index contributed by atoms with van der Waals surface area (Å²) in [5.74, 6) is 0.857. The van der Waals surface area contributed by atoms with Crippen molar-refractivity contribution in [2.45, 2.75) is 13.0 Å². The first-order valence-corrected chi connectivity index (χ1v) is 9.35. The van der Waals surface area contributed by atoms with Crippen LogP contribution >= 0.6 is 11.6 Å². The predicted molar refractivity (Wildman–Crippen MR) is 112 cm³/mol. The fraction of sp³-hybridized carbons (Fsp3) is 0.0870. The van der Waals surface area contributed by atoms with E-state index < -0.39 is 0 Å². The average Bonchev–Trinajstić information content (AvgIpc) is 3.06. The lowest BCUT2D eigenvalue weighted by molar-refractivity contribution is 0.720. The Bertz CT molecular complexity index is 1170. The van der Waals surface area contributed by atoms with Gasteiger partial charge < -0.3 is 5.32 Å². The second kappa shape index (κ2) is 6.29. The van der Waals surface area contributed by atoms with Crippen molar-refractivity contribution in [1.82, 2.24) is 9.55 Å². The molecule has 27 heavy (non-hydrogen) atoms. The van der Waals surface area contributed by atoms with E-state index in [1.54, 1.807) is 0 Å². The molecule has 0 amide bonds. The lowest BCUT2D eigenvalue weighted by Crippen LogP contribution is -2.19. The number of benzene rings is 3. The number of anilines is 1. The first-order chi connectivity index (χ1) is 13.2. The van der Waals surface area contributed by atoms with Gasteiger partial charge in [0.15, 0.2) is 0 Å². The minimum Gasteiger partial charge on any atom is -0.325 e. The van der Waals surface area contributed by atoms with E-state index in [9.17, 15) is 0 Å². The molecule has 3 nitrogen and oxygen atoms in total. The molecule has 5 rings (SSSR count). The van der Waals surface area contributed by atoms with Crippen LogP contribution in [0.4, 0.5) is 5.95 Å². The number of nitrogens with one attached hydrogen (secondary N) is 1. The van der Waals surface area contributed by atoms with Crippen LogP contribution in [0.5, 0.6) is 0 Å². The standard InChI is InChI=1S/C23H18ClN3/c1-15-5-4-6-17(13-15)22-14-20(16-9-11-18(24)12-10-16)26-23-25-19-7-2-3-8-21(19)27(22)23/h2-14,22H,1H3,(H,25,26)/t22-/m1/s1. The van der Waals surface area contributed by atoms with E-state index in [0.29, 0.717) is 0 Å². The summed E-state index contributed by atoms with van der Waals surface area (Å²) in [6, 6.07) is 24.9. The zero-order valence-corrected chi connectivity index (χ0v) is 15.6. The largest absolute Gasteiger partial charge is 0.325 e. The number of aryl methyl sites for hydroxylation is 1. The summed E-state index contributed by atoms with van der Waals surface area (Å²) in [7, 11) is 0. The van der Waals surface area contributed by atoms with Gasteiger partial charge in [0.25, 0.3) is 0 Å². The molecule has 132 valence electrons. The summed E-state index contributed by atoms with van der Waals surface area (Å²) in [4.78, 5) is 4.83. The SMILES string of the molecule is Cc1cccc([C@H]2C=C(c3ccc(Cl)cc3)Nc3nc4ccccc4n32)c1. The molecular weight excluding hydrogens is 354 g/mol. The predicted octanol–water partition coefficient (Wildman–Crippen LogP) is 6.05. The van der Waals surface area contributed by atoms with Crippen LogP contribution in [-0.4, -0.2) is 9.55 Å². The molecule has 0 spiro atoms. The van der Waals surface area contributed by atoms with E-state index in [1.165, 1.54) is 11.1 Å². The Labute approximate surface area is 162 Å². The summed E-state index contributed by atoms with van der Waals surface area (Å²) < 4.78 is 2.27. The van der Waals surface area contributed by atoms with E-state index >= 15 is 0 Å². The van der Waals surface area contributed by atoms with E-state index in [2.05, 4.69) is 65.3 Å². The molecule has 1 aromatic heterocycles. The summed E-state index contributed by atoms with van der Waals surface area (Å²) in [5.41, 5.74) is 6.74. The molecule has 4 heteroatoms. The highest BCUT2D eigenvalue weighted by molar-refractivity contribution is 6.30. The molecule has 1 atom stereocenters. The van der Waals surface area contributed by atoms with Crippen molar-refractivity contribution in [2.75, 3.05) is 5.32 Å². The lowest BCUT2D eigenvalue weighted by Gasteiger charge is -2.27. The van der Waals surface area contributed by atoms with Gasteiger partial charge in [-0.2, -0.15) is 0 Å². The van der Waals surface area contributed by atoms with Gasteiger partial charge in [0.2, 0.25) is 5.95 Å². The zero-order valence-electron chi connectivity index (χ0n) is 14.9. The van der Waals surface area contributed by atoms with Crippen molar-refractivity contribution < 1.29 is 0 Å². The molecule has 0 saturated carbocycles. The fourth-order valence-electron chi connectivity index (χ4n) is 3.71. The normalized spacial score (nSPS) is 15.9. The van der Waals surface area contributed by atoms with Crippen molar-refractivity contribution >= 4 is 34.3 Å². The van der Waals surface area contributed by atoms with Crippen molar-refractivity contribution in [1.29, 1.82) is 0 Å². The zero-order chi connectivity index (χ0) is 18.4. The molecule has 0 radical (unpaired) electrons. The minimum atomic E-state index is 0.0687. The Hall–Kier alpha value is -3.04. The van der Waals surface area contributed by atoms with Gasteiger partial charge in [-0.05, 0) is 48.4 Å². The van der Waals surface area contributed by atoms with Crippen molar-refractivity contribution in [2.24, 2.45) is 0 Å². The highest BCUT2D eigenvalue weighted by Crippen LogP contribution is 2.37. The van der Waals surface area contributed by atoms with E-state index in [-0.39, 0.29) is 6.04 Å². The molecule has 1 aliphatic rings. The van der Waals surface area contributed by atoms with Crippen LogP contribution < -0.4 is 5.32 Å². The van der Waals surface area contributed by atoms with Crippen LogP contribution in [-0.2, 0) is 0 Å². The summed E-state index contributed by atoms with van der Waals surface area (Å²) >= 11 is 6.07. The first-order valence-electron chi connectivity index (χ1n) is 8.97. The van der Waals surface area contributed by atoms with Gasteiger partial charge in [-0.25, -0.2) is 4.98 Å². The smallest absolute Gasteiger partial charge is 0.209 e. The molecular formula is C23H18ClN3. The molecule has 2 heterocycles. The van der Waals surface area contributed by atoms with E-state index in [0.717, 1.165) is 33.3 Å². The van der Waals surface area contributed by atoms with Crippen LogP contribution in [0.15, 0.2) is 78.9 Å². The van der Waals surface area contributed by atoms with Crippen LogP contribution in [0.3, 0.4) is 0 Å². The van der Waals surface area contributed by atoms with Crippen LogP contribution in [0.2, 0.25) is 5.02 Å². The van der Waals surface area contributed by atoms with Crippen molar-refractivity contribution in [3.63, 3.8) is 0 Å². The first kappa shape index (κ1) is 16.2. The number of fused-ring (bicyclic) bond motifs is 3. The summed E-state index contributed by atoms with van der Waals surface area (Å²) in [6.07, 6.45) is 2.26. The molecule has 3 aromatic carbocycles. The number of imidazole rings is 1. The number of rotatable bonds is 2. The van der Waals surface area contributed by atoms with Gasteiger partial charge in [0.05, 0.1) is 17.1 Å². The molecule has 4 aromatic rings. The van der Waals surface area contributed by atoms with Gasteiger partial charge >= 0.3 is 0 Å². The molecule has 0 aliphatic carbocycles. The van der Waals surface area contributed by atoms with Gasteiger partial charge in [0.1, 0.15) is 0 Å². The third-order valence-corrected chi connectivity index (χ3v) is 5.24. The van der Waals surface area contributed by atoms with Crippen LogP contribution in [0, 0.1) is 6.92 Å².